The van der Waals surface area contributed by atoms with Crippen molar-refractivity contribution in [1.29, 1.82) is 0 Å². The Morgan fingerprint density at radius 1 is 1.25 bits per heavy atom. The highest BCUT2D eigenvalue weighted by Crippen LogP contribution is 2.33. The number of fused-ring (bicyclic) bond motifs is 1. The van der Waals surface area contributed by atoms with E-state index in [1.165, 1.54) is 16.7 Å². The molecular formula is C29H39N5O2. The van der Waals surface area contributed by atoms with E-state index in [0.29, 0.717) is 0 Å². The molecule has 0 aliphatic carbocycles. The average molecular weight is 490 g/mol. The lowest BCUT2D eigenvalue weighted by molar-refractivity contribution is -0.120. The van der Waals surface area contributed by atoms with E-state index in [1.807, 2.05) is 30.1 Å². The van der Waals surface area contributed by atoms with Crippen LogP contribution in [0.4, 0.5) is 0 Å². The van der Waals surface area contributed by atoms with Crippen LogP contribution >= 0.6 is 0 Å². The van der Waals surface area contributed by atoms with E-state index in [9.17, 15) is 4.79 Å². The molecule has 192 valence electrons. The van der Waals surface area contributed by atoms with Crippen LogP contribution in [0.3, 0.4) is 0 Å². The lowest BCUT2D eigenvalue weighted by Gasteiger charge is -2.30. The summed E-state index contributed by atoms with van der Waals surface area (Å²) in [6.07, 6.45) is 7.36. The van der Waals surface area contributed by atoms with Crippen molar-refractivity contribution in [3.8, 4) is 5.75 Å². The number of rotatable bonds is 9. The number of Topliss-reactive ketones (excluding diaryl/α,β-unsaturated/α-hetero) is 1. The minimum Gasteiger partial charge on any atom is -0.486 e. The van der Waals surface area contributed by atoms with E-state index < -0.39 is 0 Å². The monoisotopic (exact) mass is 489 g/mol. The van der Waals surface area contributed by atoms with E-state index in [-0.39, 0.29) is 23.2 Å². The van der Waals surface area contributed by atoms with Crippen molar-refractivity contribution in [2.45, 2.75) is 85.5 Å². The van der Waals surface area contributed by atoms with Gasteiger partial charge < -0.3 is 4.74 Å². The zero-order valence-electron chi connectivity index (χ0n) is 22.5. The van der Waals surface area contributed by atoms with Crippen LogP contribution in [0.15, 0.2) is 42.9 Å². The number of carbonyl (C=O) groups is 1. The van der Waals surface area contributed by atoms with Gasteiger partial charge in [-0.05, 0) is 76.1 Å². The molecule has 0 N–H and O–H groups in total. The van der Waals surface area contributed by atoms with Gasteiger partial charge in [0, 0.05) is 56.3 Å². The highest BCUT2D eigenvalue weighted by atomic mass is 16.5. The van der Waals surface area contributed by atoms with Crippen molar-refractivity contribution >= 4 is 5.78 Å². The number of aromatic nitrogens is 4. The SMILES string of the molecule is CCn1cc(CCC(c2ccc(C)c(CN3Cc4cnccc4OC(C)(C)C3)c2)C(C)C(C)=O)nn1. The Morgan fingerprint density at radius 3 is 2.78 bits per heavy atom. The average Bonchev–Trinajstić information content (AvgIpc) is 3.24. The van der Waals surface area contributed by atoms with Crippen LogP contribution in [-0.2, 0) is 30.8 Å². The third-order valence-electron chi connectivity index (χ3n) is 7.31. The molecule has 3 aromatic rings. The zero-order valence-corrected chi connectivity index (χ0v) is 22.5. The lowest BCUT2D eigenvalue weighted by atomic mass is 9.80. The number of benzene rings is 1. The molecule has 0 bridgehead atoms. The molecule has 1 aliphatic rings. The fraction of sp³-hybridized carbons (Fsp3) is 0.517. The van der Waals surface area contributed by atoms with Crippen LogP contribution in [0, 0.1) is 12.8 Å². The Morgan fingerprint density at radius 2 is 2.06 bits per heavy atom. The normalized spacial score (nSPS) is 17.1. The Balaban J connectivity index is 1.58. The van der Waals surface area contributed by atoms with Gasteiger partial charge in [0.25, 0.3) is 0 Å². The topological polar surface area (TPSA) is 73.1 Å². The number of aryl methyl sites for hydroxylation is 3. The second kappa shape index (κ2) is 10.9. The maximum absolute atomic E-state index is 12.5. The molecule has 36 heavy (non-hydrogen) atoms. The summed E-state index contributed by atoms with van der Waals surface area (Å²) < 4.78 is 8.16. The molecule has 0 radical (unpaired) electrons. The first-order valence-electron chi connectivity index (χ1n) is 13.0. The predicted molar refractivity (Wildman–Crippen MR) is 141 cm³/mol. The first-order chi connectivity index (χ1) is 17.1. The van der Waals surface area contributed by atoms with Crippen LogP contribution in [0.1, 0.15) is 74.9 Å². The van der Waals surface area contributed by atoms with Gasteiger partial charge in [-0.3, -0.25) is 19.4 Å². The van der Waals surface area contributed by atoms with Gasteiger partial charge in [0.2, 0.25) is 0 Å². The summed E-state index contributed by atoms with van der Waals surface area (Å²) in [6.45, 7) is 15.5. The van der Waals surface area contributed by atoms with E-state index in [1.54, 1.807) is 13.1 Å². The second-order valence-electron chi connectivity index (χ2n) is 10.8. The molecule has 1 aliphatic heterocycles. The zero-order chi connectivity index (χ0) is 25.9. The number of hydrogen-bond acceptors (Lipinski definition) is 6. The van der Waals surface area contributed by atoms with E-state index >= 15 is 0 Å². The van der Waals surface area contributed by atoms with Gasteiger partial charge in [0.1, 0.15) is 17.1 Å². The van der Waals surface area contributed by atoms with Crippen molar-refractivity contribution in [2.75, 3.05) is 6.54 Å². The van der Waals surface area contributed by atoms with Crippen LogP contribution in [0.2, 0.25) is 0 Å². The molecule has 7 nitrogen and oxygen atoms in total. The molecule has 0 amide bonds. The molecule has 1 aromatic carbocycles. The number of carbonyl (C=O) groups excluding carboxylic acids is 1. The summed E-state index contributed by atoms with van der Waals surface area (Å²) >= 11 is 0. The summed E-state index contributed by atoms with van der Waals surface area (Å²) in [6, 6.07) is 8.66. The van der Waals surface area contributed by atoms with Gasteiger partial charge in [-0.1, -0.05) is 30.3 Å². The predicted octanol–water partition coefficient (Wildman–Crippen LogP) is 5.12. The van der Waals surface area contributed by atoms with Gasteiger partial charge in [-0.15, -0.1) is 5.10 Å². The van der Waals surface area contributed by atoms with Gasteiger partial charge in [-0.25, -0.2) is 0 Å². The van der Waals surface area contributed by atoms with Crippen LogP contribution in [0.5, 0.6) is 5.75 Å². The number of pyridine rings is 1. The van der Waals surface area contributed by atoms with Crippen molar-refractivity contribution in [1.82, 2.24) is 24.9 Å². The third kappa shape index (κ3) is 6.19. The maximum Gasteiger partial charge on any atom is 0.133 e. The third-order valence-corrected chi connectivity index (χ3v) is 7.31. The minimum atomic E-state index is -0.306. The maximum atomic E-state index is 12.5. The van der Waals surface area contributed by atoms with Crippen LogP contribution in [0.25, 0.3) is 0 Å². The number of ketones is 1. The van der Waals surface area contributed by atoms with Gasteiger partial charge >= 0.3 is 0 Å². The van der Waals surface area contributed by atoms with Crippen LogP contribution < -0.4 is 4.74 Å². The van der Waals surface area contributed by atoms with Crippen molar-refractivity contribution < 1.29 is 9.53 Å². The summed E-state index contributed by atoms with van der Waals surface area (Å²) in [7, 11) is 0. The van der Waals surface area contributed by atoms with Gasteiger partial charge in [0.15, 0.2) is 0 Å². The smallest absolute Gasteiger partial charge is 0.133 e. The molecule has 2 aromatic heterocycles. The second-order valence-corrected chi connectivity index (χ2v) is 10.8. The summed E-state index contributed by atoms with van der Waals surface area (Å²) in [5.41, 5.74) is 5.54. The van der Waals surface area contributed by atoms with Gasteiger partial charge in [0.05, 0.1) is 5.69 Å². The Bertz CT molecular complexity index is 1200. The standard InChI is InChI=1S/C29H39N5O2/c1-7-34-18-26(31-32-34)10-11-27(21(3)22(4)35)23-9-8-20(2)24(14-23)16-33-17-25-15-30-13-12-28(25)36-29(5,6)19-33/h8-9,12-15,18,21,27H,7,10-11,16-17,19H2,1-6H3. The Kier molecular flexibility index (Phi) is 7.88. The Hall–Kier alpha value is -3.06. The first kappa shape index (κ1) is 26.0. The quantitative estimate of drug-likeness (QED) is 0.416. The molecule has 4 rings (SSSR count). The molecule has 0 fully saturated rings. The van der Waals surface area contributed by atoms with E-state index in [2.05, 4.69) is 66.1 Å². The largest absolute Gasteiger partial charge is 0.486 e. The molecule has 0 spiro atoms. The molecule has 2 unspecified atom stereocenters. The molecule has 7 heteroatoms. The van der Waals surface area contributed by atoms with E-state index in [0.717, 1.165) is 56.0 Å². The highest BCUT2D eigenvalue weighted by molar-refractivity contribution is 5.79. The fourth-order valence-electron chi connectivity index (χ4n) is 5.14. The van der Waals surface area contributed by atoms with E-state index in [4.69, 9.17) is 4.74 Å². The summed E-state index contributed by atoms with van der Waals surface area (Å²) in [4.78, 5) is 19.2. The molecule has 0 saturated carbocycles. The summed E-state index contributed by atoms with van der Waals surface area (Å²) in [5, 5.41) is 8.48. The molecule has 0 saturated heterocycles. The van der Waals surface area contributed by atoms with Crippen molar-refractivity contribution in [3.63, 3.8) is 0 Å². The summed E-state index contributed by atoms with van der Waals surface area (Å²) in [5.74, 6) is 1.20. The lowest BCUT2D eigenvalue weighted by Crippen LogP contribution is -2.40. The van der Waals surface area contributed by atoms with Crippen molar-refractivity contribution in [3.05, 3.63) is 70.8 Å². The molecular weight excluding hydrogens is 450 g/mol. The van der Waals surface area contributed by atoms with Crippen molar-refractivity contribution in [2.24, 2.45) is 5.92 Å². The molecule has 3 heterocycles. The first-order valence-corrected chi connectivity index (χ1v) is 13.0. The number of nitrogens with zero attached hydrogens (tertiary/aromatic N) is 5. The van der Waals surface area contributed by atoms with Crippen LogP contribution in [-0.4, -0.2) is 42.8 Å². The highest BCUT2D eigenvalue weighted by Gasteiger charge is 2.30. The minimum absolute atomic E-state index is 0.0646. The Labute approximate surface area is 214 Å². The number of ether oxygens (including phenoxy) is 1. The number of hydrogen-bond donors (Lipinski definition) is 0. The molecule has 2 atom stereocenters. The fourth-order valence-corrected chi connectivity index (χ4v) is 5.14. The van der Waals surface area contributed by atoms with Gasteiger partial charge in [-0.2, -0.15) is 0 Å².